The summed E-state index contributed by atoms with van der Waals surface area (Å²) >= 11 is 5.84. The molecule has 0 aromatic heterocycles. The molecule has 0 bridgehead atoms. The topological polar surface area (TPSA) is 66.5 Å². The zero-order valence-corrected chi connectivity index (χ0v) is 14.8. The van der Waals surface area contributed by atoms with E-state index in [0.29, 0.717) is 17.0 Å². The number of hydrogen-bond donors (Lipinski definition) is 1. The van der Waals surface area contributed by atoms with Crippen LogP contribution in [0.5, 0.6) is 0 Å². The molecule has 5 nitrogen and oxygen atoms in total. The molecule has 0 unspecified atom stereocenters. The number of Topliss-reactive ketones (excluding diaryl/α,β-unsaturated/α-hetero) is 1. The summed E-state index contributed by atoms with van der Waals surface area (Å²) in [6, 6.07) is 13.6. The van der Waals surface area contributed by atoms with Gasteiger partial charge < -0.3 is 5.32 Å². The first-order valence-corrected chi connectivity index (χ1v) is 8.90. The van der Waals surface area contributed by atoms with Gasteiger partial charge in [0.25, 0.3) is 5.91 Å². The number of benzene rings is 2. The van der Waals surface area contributed by atoms with Crippen molar-refractivity contribution >= 4 is 29.3 Å². The molecule has 6 heteroatoms. The Hall–Kier alpha value is -2.66. The summed E-state index contributed by atoms with van der Waals surface area (Å²) in [5.74, 6) is -0.650. The van der Waals surface area contributed by atoms with Crippen molar-refractivity contribution in [2.45, 2.75) is 24.8 Å². The summed E-state index contributed by atoms with van der Waals surface area (Å²) in [5, 5.41) is 3.38. The van der Waals surface area contributed by atoms with Crippen molar-refractivity contribution in [2.75, 3.05) is 6.54 Å². The lowest BCUT2D eigenvalue weighted by Crippen LogP contribution is -2.46. The number of halogens is 1. The maximum Gasteiger partial charge on any atom is 0.325 e. The summed E-state index contributed by atoms with van der Waals surface area (Å²) < 4.78 is 0. The molecule has 0 saturated carbocycles. The van der Waals surface area contributed by atoms with Crippen molar-refractivity contribution in [2.24, 2.45) is 0 Å². The first-order valence-electron chi connectivity index (χ1n) is 8.52. The predicted octanol–water partition coefficient (Wildman–Crippen LogP) is 3.31. The van der Waals surface area contributed by atoms with Crippen LogP contribution < -0.4 is 5.32 Å². The number of urea groups is 1. The van der Waals surface area contributed by atoms with Crippen molar-refractivity contribution in [3.63, 3.8) is 0 Å². The minimum absolute atomic E-state index is 0.282. The van der Waals surface area contributed by atoms with E-state index >= 15 is 0 Å². The van der Waals surface area contributed by atoms with Crippen molar-refractivity contribution in [3.8, 4) is 0 Å². The van der Waals surface area contributed by atoms with Gasteiger partial charge in [-0.2, -0.15) is 0 Å². The summed E-state index contributed by atoms with van der Waals surface area (Å²) in [7, 11) is 0. The van der Waals surface area contributed by atoms with E-state index in [1.165, 1.54) is 0 Å². The second-order valence-electron chi connectivity index (χ2n) is 6.67. The summed E-state index contributed by atoms with van der Waals surface area (Å²) in [5.41, 5.74) is 1.27. The Bertz CT molecular complexity index is 910. The van der Waals surface area contributed by atoms with E-state index in [2.05, 4.69) is 5.32 Å². The van der Waals surface area contributed by atoms with Crippen LogP contribution in [0.4, 0.5) is 4.79 Å². The number of rotatable bonds is 3. The molecular formula is C20H17ClN2O3. The zero-order chi connectivity index (χ0) is 18.3. The molecule has 1 spiro atoms. The Labute approximate surface area is 155 Å². The van der Waals surface area contributed by atoms with Crippen molar-refractivity contribution in [1.82, 2.24) is 10.2 Å². The van der Waals surface area contributed by atoms with Crippen molar-refractivity contribution in [3.05, 3.63) is 70.2 Å². The van der Waals surface area contributed by atoms with Crippen LogP contribution in [0.3, 0.4) is 0 Å². The van der Waals surface area contributed by atoms with Gasteiger partial charge in [-0.25, -0.2) is 4.79 Å². The number of carbonyl (C=O) groups is 3. The molecule has 132 valence electrons. The Morgan fingerprint density at radius 1 is 1.12 bits per heavy atom. The van der Waals surface area contributed by atoms with Gasteiger partial charge in [0, 0.05) is 10.6 Å². The molecular weight excluding hydrogens is 352 g/mol. The largest absolute Gasteiger partial charge is 0.325 e. The third-order valence-electron chi connectivity index (χ3n) is 5.12. The van der Waals surface area contributed by atoms with Crippen LogP contribution in [0.15, 0.2) is 48.5 Å². The van der Waals surface area contributed by atoms with E-state index in [1.54, 1.807) is 24.3 Å². The smallest absolute Gasteiger partial charge is 0.319 e. The van der Waals surface area contributed by atoms with Gasteiger partial charge in [-0.1, -0.05) is 35.9 Å². The Kier molecular flexibility index (Phi) is 4.04. The van der Waals surface area contributed by atoms with Gasteiger partial charge in [0.2, 0.25) is 0 Å². The van der Waals surface area contributed by atoms with E-state index in [4.69, 9.17) is 11.6 Å². The van der Waals surface area contributed by atoms with Crippen molar-refractivity contribution < 1.29 is 14.4 Å². The second-order valence-corrected chi connectivity index (χ2v) is 7.10. The Morgan fingerprint density at radius 2 is 1.85 bits per heavy atom. The quantitative estimate of drug-likeness (QED) is 0.667. The number of imide groups is 1. The summed E-state index contributed by atoms with van der Waals surface area (Å²) in [4.78, 5) is 39.2. The first kappa shape index (κ1) is 16.8. The van der Waals surface area contributed by atoms with Gasteiger partial charge >= 0.3 is 6.03 Å². The monoisotopic (exact) mass is 368 g/mol. The van der Waals surface area contributed by atoms with Gasteiger partial charge in [0.15, 0.2) is 5.78 Å². The number of fused-ring (bicyclic) bond motifs is 2. The number of nitrogens with zero attached hydrogens (tertiary/aromatic N) is 1. The fourth-order valence-electron chi connectivity index (χ4n) is 3.83. The summed E-state index contributed by atoms with van der Waals surface area (Å²) in [6.45, 7) is -0.282. The Morgan fingerprint density at radius 3 is 2.62 bits per heavy atom. The molecule has 1 N–H and O–H groups in total. The van der Waals surface area contributed by atoms with Crippen LogP contribution in [0.1, 0.15) is 34.3 Å². The molecule has 1 fully saturated rings. The highest BCUT2D eigenvalue weighted by Crippen LogP contribution is 2.39. The average Bonchev–Trinajstić information content (AvgIpc) is 2.87. The second kappa shape index (κ2) is 6.25. The SMILES string of the molecule is O=C(CN1C(=O)N[C@]2(CCCc3ccccc32)C1=O)c1ccc(Cl)cc1. The molecule has 4 rings (SSSR count). The molecule has 1 aliphatic heterocycles. The first-order chi connectivity index (χ1) is 12.5. The van der Waals surface area contributed by atoms with Crippen molar-refractivity contribution in [1.29, 1.82) is 0 Å². The van der Waals surface area contributed by atoms with Gasteiger partial charge in [-0.3, -0.25) is 14.5 Å². The zero-order valence-electron chi connectivity index (χ0n) is 14.0. The predicted molar refractivity (Wildman–Crippen MR) is 97.1 cm³/mol. The lowest BCUT2D eigenvalue weighted by molar-refractivity contribution is -0.131. The van der Waals surface area contributed by atoms with Crippen LogP contribution in [0.2, 0.25) is 5.02 Å². The molecule has 1 saturated heterocycles. The molecule has 2 aromatic carbocycles. The average molecular weight is 369 g/mol. The highest BCUT2D eigenvalue weighted by Gasteiger charge is 2.54. The van der Waals surface area contributed by atoms with Crippen LogP contribution in [-0.2, 0) is 16.8 Å². The maximum atomic E-state index is 13.1. The number of ketones is 1. The van der Waals surface area contributed by atoms with Gasteiger partial charge in [-0.15, -0.1) is 0 Å². The molecule has 1 heterocycles. The van der Waals surface area contributed by atoms with E-state index in [1.807, 2.05) is 24.3 Å². The number of nitrogens with one attached hydrogen (secondary N) is 1. The highest BCUT2D eigenvalue weighted by molar-refractivity contribution is 6.30. The molecule has 26 heavy (non-hydrogen) atoms. The minimum Gasteiger partial charge on any atom is -0.319 e. The molecule has 2 aromatic rings. The molecule has 2 aliphatic rings. The van der Waals surface area contributed by atoms with E-state index < -0.39 is 11.6 Å². The normalized spacial score (nSPS) is 21.7. The molecule has 1 atom stereocenters. The minimum atomic E-state index is -1.05. The molecule has 1 aliphatic carbocycles. The lowest BCUT2D eigenvalue weighted by Gasteiger charge is -2.33. The number of amides is 3. The van der Waals surface area contributed by atoms with E-state index in [-0.39, 0.29) is 18.2 Å². The summed E-state index contributed by atoms with van der Waals surface area (Å²) in [6.07, 6.45) is 2.23. The third-order valence-corrected chi connectivity index (χ3v) is 5.37. The van der Waals surface area contributed by atoms with Gasteiger partial charge in [-0.05, 0) is 54.7 Å². The molecule has 3 amide bonds. The van der Waals surface area contributed by atoms with Gasteiger partial charge in [0.1, 0.15) is 5.54 Å². The van der Waals surface area contributed by atoms with Crippen LogP contribution in [0.25, 0.3) is 0 Å². The maximum absolute atomic E-state index is 13.1. The van der Waals surface area contributed by atoms with Crippen LogP contribution in [-0.4, -0.2) is 29.2 Å². The number of carbonyl (C=O) groups excluding carboxylic acids is 3. The van der Waals surface area contributed by atoms with Crippen LogP contribution >= 0.6 is 11.6 Å². The lowest BCUT2D eigenvalue weighted by atomic mass is 9.76. The fraction of sp³-hybridized carbons (Fsp3) is 0.250. The molecule has 0 radical (unpaired) electrons. The third kappa shape index (κ3) is 2.59. The standard InChI is InChI=1S/C20H17ClN2O3/c21-15-9-7-14(8-10-15)17(24)12-23-18(25)20(22-19(23)26)11-3-5-13-4-1-2-6-16(13)20/h1-2,4,6-10H,3,5,11-12H2,(H,22,26)/t20-/m0/s1. The van der Waals surface area contributed by atoms with E-state index in [9.17, 15) is 14.4 Å². The van der Waals surface area contributed by atoms with Crippen LogP contribution in [0, 0.1) is 0 Å². The highest BCUT2D eigenvalue weighted by atomic mass is 35.5. The number of aryl methyl sites for hydroxylation is 1. The number of hydrogen-bond acceptors (Lipinski definition) is 3. The van der Waals surface area contributed by atoms with Gasteiger partial charge in [0.05, 0.1) is 6.54 Å². The Balaban J connectivity index is 1.63. The fourth-order valence-corrected chi connectivity index (χ4v) is 3.95. The van der Waals surface area contributed by atoms with E-state index in [0.717, 1.165) is 28.9 Å².